The lowest BCUT2D eigenvalue weighted by molar-refractivity contribution is -0.125. The monoisotopic (exact) mass is 615 g/mol. The van der Waals surface area contributed by atoms with Gasteiger partial charge in [-0.05, 0) is 89.5 Å². The third-order valence-electron chi connectivity index (χ3n) is 7.66. The lowest BCUT2D eigenvalue weighted by Gasteiger charge is -2.33. The Morgan fingerprint density at radius 3 is 1.84 bits per heavy atom. The average Bonchev–Trinajstić information content (AvgIpc) is 3.49. The highest BCUT2D eigenvalue weighted by molar-refractivity contribution is 7.90. The Morgan fingerprint density at radius 2 is 1.33 bits per heavy atom. The van der Waals surface area contributed by atoms with E-state index in [4.69, 9.17) is 9.47 Å². The molecule has 10 heteroatoms. The van der Waals surface area contributed by atoms with Crippen molar-refractivity contribution in [3.05, 3.63) is 113 Å². The number of aromatic nitrogens is 2. The largest absolute Gasteiger partial charge is 0.497 e. The molecule has 0 fully saturated rings. The van der Waals surface area contributed by atoms with Crippen LogP contribution in [0.2, 0.25) is 0 Å². The van der Waals surface area contributed by atoms with E-state index in [0.717, 1.165) is 28.4 Å². The van der Waals surface area contributed by atoms with Crippen LogP contribution in [-0.2, 0) is 33.1 Å². The van der Waals surface area contributed by atoms with Gasteiger partial charge in [0.2, 0.25) is 5.91 Å². The zero-order valence-corrected chi connectivity index (χ0v) is 26.0. The molecule has 5 rings (SSSR count). The Bertz CT molecular complexity index is 1770. The Morgan fingerprint density at radius 1 is 0.791 bits per heavy atom. The number of carbonyl (C=O) groups excluding carboxylic acids is 1. The van der Waals surface area contributed by atoms with Gasteiger partial charge < -0.3 is 9.47 Å². The Labute approximate surface area is 256 Å². The van der Waals surface area contributed by atoms with Gasteiger partial charge in [-0.1, -0.05) is 56.3 Å². The van der Waals surface area contributed by atoms with E-state index in [0.29, 0.717) is 28.1 Å². The lowest BCUT2D eigenvalue weighted by atomic mass is 9.70. The molecular formula is C33H33N3O5S2. The molecule has 8 nitrogen and oxygen atoms in total. The second kappa shape index (κ2) is 12.5. The minimum absolute atomic E-state index is 0.0206. The molecule has 1 amide bonds. The topological polar surface area (TPSA) is 107 Å². The van der Waals surface area contributed by atoms with Crippen molar-refractivity contribution in [2.75, 3.05) is 14.2 Å². The summed E-state index contributed by atoms with van der Waals surface area (Å²) in [5.74, 6) is 0.949. The molecule has 0 spiro atoms. The van der Waals surface area contributed by atoms with Crippen LogP contribution >= 0.6 is 11.7 Å². The molecule has 0 aliphatic rings. The second-order valence-corrected chi connectivity index (χ2v) is 13.0. The van der Waals surface area contributed by atoms with E-state index < -0.39 is 21.3 Å². The SMILES string of the molecule is COc1ccc(CC(Cc2ccc(OC)cc2)(C(=O)NS(=O)(=O)c2ccc(C(C)C)cc2)c2ccc3nsnc3c2)cc1. The van der Waals surface area contributed by atoms with E-state index in [9.17, 15) is 13.2 Å². The number of methoxy groups -OCH3 is 2. The number of hydrogen-bond acceptors (Lipinski definition) is 8. The van der Waals surface area contributed by atoms with Crippen molar-refractivity contribution in [3.63, 3.8) is 0 Å². The second-order valence-electron chi connectivity index (χ2n) is 10.8. The highest BCUT2D eigenvalue weighted by atomic mass is 32.2. The third kappa shape index (κ3) is 6.55. The van der Waals surface area contributed by atoms with E-state index in [-0.39, 0.29) is 23.7 Å². The van der Waals surface area contributed by atoms with Crippen LogP contribution in [-0.4, -0.2) is 37.3 Å². The molecule has 43 heavy (non-hydrogen) atoms. The van der Waals surface area contributed by atoms with Gasteiger partial charge in [-0.25, -0.2) is 13.1 Å². The number of rotatable bonds is 11. The number of carbonyl (C=O) groups is 1. The van der Waals surface area contributed by atoms with Crippen molar-refractivity contribution >= 4 is 38.7 Å². The number of amides is 1. The van der Waals surface area contributed by atoms with Gasteiger partial charge in [0.15, 0.2) is 0 Å². The van der Waals surface area contributed by atoms with Crippen molar-refractivity contribution in [2.45, 2.75) is 42.9 Å². The molecule has 4 aromatic carbocycles. The van der Waals surface area contributed by atoms with Crippen LogP contribution in [0.3, 0.4) is 0 Å². The first-order chi connectivity index (χ1) is 20.6. The summed E-state index contributed by atoms with van der Waals surface area (Å²) in [5, 5.41) is 0. The highest BCUT2D eigenvalue weighted by Crippen LogP contribution is 2.36. The van der Waals surface area contributed by atoms with E-state index in [1.807, 2.05) is 80.6 Å². The zero-order valence-electron chi connectivity index (χ0n) is 24.4. The number of sulfonamides is 1. The molecule has 1 aromatic heterocycles. The van der Waals surface area contributed by atoms with Crippen LogP contribution in [0.25, 0.3) is 11.0 Å². The van der Waals surface area contributed by atoms with Gasteiger partial charge in [0, 0.05) is 0 Å². The number of ether oxygens (including phenoxy) is 2. The molecule has 0 aliphatic heterocycles. The number of benzene rings is 4. The minimum Gasteiger partial charge on any atom is -0.497 e. The first-order valence-electron chi connectivity index (χ1n) is 13.8. The molecule has 0 radical (unpaired) electrons. The fourth-order valence-corrected chi connectivity index (χ4v) is 6.70. The molecular weight excluding hydrogens is 583 g/mol. The summed E-state index contributed by atoms with van der Waals surface area (Å²) in [6.45, 7) is 4.07. The highest BCUT2D eigenvalue weighted by Gasteiger charge is 2.43. The van der Waals surface area contributed by atoms with Gasteiger partial charge in [0.1, 0.15) is 22.5 Å². The Hall–Kier alpha value is -4.28. The molecule has 5 aromatic rings. The molecule has 222 valence electrons. The molecule has 1 N–H and O–H groups in total. The molecule has 0 atom stereocenters. The van der Waals surface area contributed by atoms with Crippen LogP contribution in [0, 0.1) is 0 Å². The summed E-state index contributed by atoms with van der Waals surface area (Å²) in [7, 11) is -1.02. The van der Waals surface area contributed by atoms with Crippen molar-refractivity contribution in [3.8, 4) is 11.5 Å². The van der Waals surface area contributed by atoms with Crippen LogP contribution in [0.15, 0.2) is 95.9 Å². The van der Waals surface area contributed by atoms with Crippen LogP contribution in [0.4, 0.5) is 0 Å². The molecule has 0 saturated heterocycles. The van der Waals surface area contributed by atoms with Gasteiger partial charge >= 0.3 is 0 Å². The van der Waals surface area contributed by atoms with Crippen molar-refractivity contribution in [2.24, 2.45) is 0 Å². The fourth-order valence-electron chi connectivity index (χ4n) is 5.13. The van der Waals surface area contributed by atoms with Crippen molar-refractivity contribution in [1.82, 2.24) is 13.5 Å². The lowest BCUT2D eigenvalue weighted by Crippen LogP contribution is -2.49. The van der Waals surface area contributed by atoms with E-state index in [1.165, 1.54) is 12.1 Å². The maximum Gasteiger partial charge on any atom is 0.264 e. The van der Waals surface area contributed by atoms with Gasteiger partial charge in [0.05, 0.1) is 36.3 Å². The number of nitrogens with zero attached hydrogens (tertiary/aromatic N) is 2. The average molecular weight is 616 g/mol. The molecule has 0 bridgehead atoms. The summed E-state index contributed by atoms with van der Waals surface area (Å²) < 4.78 is 49.2. The van der Waals surface area contributed by atoms with Gasteiger partial charge in [-0.15, -0.1) is 0 Å². The van der Waals surface area contributed by atoms with Crippen molar-refractivity contribution in [1.29, 1.82) is 0 Å². The first-order valence-corrected chi connectivity index (χ1v) is 16.0. The van der Waals surface area contributed by atoms with E-state index in [1.54, 1.807) is 26.4 Å². The third-order valence-corrected chi connectivity index (χ3v) is 9.56. The molecule has 0 saturated carbocycles. The van der Waals surface area contributed by atoms with Gasteiger partial charge in [0.25, 0.3) is 10.0 Å². The van der Waals surface area contributed by atoms with Crippen LogP contribution < -0.4 is 14.2 Å². The summed E-state index contributed by atoms with van der Waals surface area (Å²) >= 11 is 1.08. The van der Waals surface area contributed by atoms with E-state index in [2.05, 4.69) is 13.5 Å². The minimum atomic E-state index is -4.20. The smallest absolute Gasteiger partial charge is 0.264 e. The normalized spacial score (nSPS) is 11.9. The Kier molecular flexibility index (Phi) is 8.79. The maximum atomic E-state index is 14.6. The van der Waals surface area contributed by atoms with Gasteiger partial charge in [-0.2, -0.15) is 8.75 Å². The maximum absolute atomic E-state index is 14.6. The van der Waals surface area contributed by atoms with Crippen LogP contribution in [0.1, 0.15) is 42.0 Å². The number of hydrogen-bond donors (Lipinski definition) is 1. The summed E-state index contributed by atoms with van der Waals surface area (Å²) in [4.78, 5) is 14.6. The summed E-state index contributed by atoms with van der Waals surface area (Å²) in [6.07, 6.45) is 0.416. The first kappa shape index (κ1) is 30.2. The summed E-state index contributed by atoms with van der Waals surface area (Å²) in [6, 6.07) is 26.9. The van der Waals surface area contributed by atoms with E-state index >= 15 is 0 Å². The Balaban J connectivity index is 1.64. The number of fused-ring (bicyclic) bond motifs is 1. The number of nitrogens with one attached hydrogen (secondary N) is 1. The van der Waals surface area contributed by atoms with Gasteiger partial charge in [-0.3, -0.25) is 4.79 Å². The summed E-state index contributed by atoms with van der Waals surface area (Å²) in [5.41, 5.74) is 3.29. The van der Waals surface area contributed by atoms with Crippen LogP contribution in [0.5, 0.6) is 11.5 Å². The molecule has 0 aliphatic carbocycles. The predicted molar refractivity (Wildman–Crippen MR) is 168 cm³/mol. The molecule has 0 unspecified atom stereocenters. The standard InChI is InChI=1S/C33H33N3O5S2/c1-22(2)25-9-16-29(17-10-25)43(38,39)36-32(37)33(20-23-5-12-27(40-3)13-6-23,21-24-7-14-28(41-4)15-8-24)26-11-18-30-31(19-26)35-42-34-30/h5-19,22H,20-21H2,1-4H3,(H,36,37). The molecule has 1 heterocycles. The van der Waals surface area contributed by atoms with Crippen molar-refractivity contribution < 1.29 is 22.7 Å². The quantitative estimate of drug-likeness (QED) is 0.192. The predicted octanol–water partition coefficient (Wildman–Crippen LogP) is 6.06. The fraction of sp³-hybridized carbons (Fsp3) is 0.242. The zero-order chi connectivity index (χ0) is 30.6.